The molecule has 3 rings (SSSR count). The summed E-state index contributed by atoms with van der Waals surface area (Å²) < 4.78 is 101. The molecule has 1 aliphatic carbocycles. The molecule has 160 valence electrons. The number of allylic oxidation sites excluding steroid dienone is 3. The molecule has 30 heavy (non-hydrogen) atoms. The lowest BCUT2D eigenvalue weighted by Gasteiger charge is -2.29. The lowest BCUT2D eigenvalue weighted by atomic mass is 9.89. The van der Waals surface area contributed by atoms with Crippen molar-refractivity contribution in [1.29, 1.82) is 0 Å². The van der Waals surface area contributed by atoms with Gasteiger partial charge in [-0.1, -0.05) is 37.6 Å². The van der Waals surface area contributed by atoms with E-state index in [1.165, 1.54) is 0 Å². The van der Waals surface area contributed by atoms with Crippen molar-refractivity contribution >= 4 is 5.57 Å². The first-order valence-corrected chi connectivity index (χ1v) is 9.16. The number of rotatable bonds is 6. The van der Waals surface area contributed by atoms with E-state index in [0.29, 0.717) is 5.56 Å². The first-order valence-electron chi connectivity index (χ1n) is 9.16. The van der Waals surface area contributed by atoms with E-state index in [4.69, 9.17) is 0 Å². The molecule has 0 spiro atoms. The SMILES string of the molecule is CCCc1ccc(C2=CC(F)C(C(F)(F)Oc3cc(F)c(F)c(F)c3)C(F)=C2)cc1. The summed E-state index contributed by atoms with van der Waals surface area (Å²) >= 11 is 0. The van der Waals surface area contributed by atoms with E-state index in [2.05, 4.69) is 4.74 Å². The second kappa shape index (κ2) is 8.53. The van der Waals surface area contributed by atoms with Crippen molar-refractivity contribution in [2.24, 2.45) is 5.92 Å². The van der Waals surface area contributed by atoms with Crippen molar-refractivity contribution in [1.82, 2.24) is 0 Å². The van der Waals surface area contributed by atoms with Crippen LogP contribution < -0.4 is 4.74 Å². The van der Waals surface area contributed by atoms with Gasteiger partial charge in [-0.3, -0.25) is 0 Å². The fourth-order valence-electron chi connectivity index (χ4n) is 3.20. The number of alkyl halides is 3. The maximum Gasteiger partial charge on any atom is 0.410 e. The van der Waals surface area contributed by atoms with Crippen molar-refractivity contribution in [3.05, 3.63) is 83.0 Å². The molecule has 0 bridgehead atoms. The molecule has 1 nitrogen and oxygen atoms in total. The number of hydrogen-bond donors (Lipinski definition) is 0. The Kier molecular flexibility index (Phi) is 6.24. The van der Waals surface area contributed by atoms with Crippen LogP contribution in [0.1, 0.15) is 24.5 Å². The minimum absolute atomic E-state index is 0.0777. The van der Waals surface area contributed by atoms with Gasteiger partial charge in [0.25, 0.3) is 0 Å². The Labute approximate surface area is 168 Å². The topological polar surface area (TPSA) is 9.23 Å². The van der Waals surface area contributed by atoms with Crippen LogP contribution in [0.5, 0.6) is 5.75 Å². The van der Waals surface area contributed by atoms with E-state index in [0.717, 1.165) is 30.6 Å². The molecule has 0 N–H and O–H groups in total. The maximum atomic E-state index is 14.5. The van der Waals surface area contributed by atoms with Gasteiger partial charge in [0, 0.05) is 12.1 Å². The highest BCUT2D eigenvalue weighted by Crippen LogP contribution is 2.42. The Bertz CT molecular complexity index is 956. The van der Waals surface area contributed by atoms with Gasteiger partial charge >= 0.3 is 6.11 Å². The first-order chi connectivity index (χ1) is 14.1. The smallest absolute Gasteiger partial charge is 0.410 e. The standard InChI is InChI=1S/C22H17F7O/c1-2-3-12-4-6-13(7-5-12)14-8-16(23)20(17(24)9-14)22(28,29)30-15-10-18(25)21(27)19(26)11-15/h4-11,16,20H,2-3H2,1H3. The molecular weight excluding hydrogens is 413 g/mol. The molecule has 2 atom stereocenters. The van der Waals surface area contributed by atoms with Crippen LogP contribution in [0.15, 0.2) is 54.4 Å². The number of hydrogen-bond acceptors (Lipinski definition) is 1. The monoisotopic (exact) mass is 430 g/mol. The minimum Gasteiger partial charge on any atom is -0.432 e. The van der Waals surface area contributed by atoms with Crippen LogP contribution in [-0.2, 0) is 6.42 Å². The molecule has 0 saturated carbocycles. The van der Waals surface area contributed by atoms with Crippen LogP contribution in [-0.4, -0.2) is 12.3 Å². The molecule has 0 aliphatic heterocycles. The zero-order valence-electron chi connectivity index (χ0n) is 15.7. The van der Waals surface area contributed by atoms with Gasteiger partial charge < -0.3 is 4.74 Å². The number of aryl methyl sites for hydroxylation is 1. The minimum atomic E-state index is -4.50. The molecule has 0 fully saturated rings. The fraction of sp³-hybridized carbons (Fsp3) is 0.273. The number of halogens is 7. The summed E-state index contributed by atoms with van der Waals surface area (Å²) in [7, 11) is 0. The number of benzene rings is 2. The third-order valence-corrected chi connectivity index (χ3v) is 4.65. The van der Waals surface area contributed by atoms with E-state index in [1.54, 1.807) is 24.3 Å². The zero-order chi connectivity index (χ0) is 22.1. The Balaban J connectivity index is 1.83. The van der Waals surface area contributed by atoms with E-state index in [9.17, 15) is 30.7 Å². The fourth-order valence-corrected chi connectivity index (χ4v) is 3.20. The molecule has 0 saturated heterocycles. The Hall–Kier alpha value is -2.77. The van der Waals surface area contributed by atoms with Gasteiger partial charge in [0.2, 0.25) is 0 Å². The Morgan fingerprint density at radius 3 is 2.10 bits per heavy atom. The Morgan fingerprint density at radius 1 is 0.967 bits per heavy atom. The molecule has 2 aromatic carbocycles. The molecule has 0 aromatic heterocycles. The highest BCUT2D eigenvalue weighted by Gasteiger charge is 2.51. The van der Waals surface area contributed by atoms with Gasteiger partial charge in [0.1, 0.15) is 23.7 Å². The predicted octanol–water partition coefficient (Wildman–Crippen LogP) is 6.93. The van der Waals surface area contributed by atoms with Gasteiger partial charge in [0.15, 0.2) is 17.5 Å². The molecular formula is C22H17F7O. The summed E-state index contributed by atoms with van der Waals surface area (Å²) in [6.45, 7) is 2.00. The van der Waals surface area contributed by atoms with E-state index >= 15 is 0 Å². The Morgan fingerprint density at radius 2 is 1.57 bits per heavy atom. The summed E-state index contributed by atoms with van der Waals surface area (Å²) in [5, 5.41) is 0. The predicted molar refractivity (Wildman–Crippen MR) is 97.9 cm³/mol. The van der Waals surface area contributed by atoms with E-state index < -0.39 is 47.2 Å². The summed E-state index contributed by atoms with van der Waals surface area (Å²) in [5.41, 5.74) is 1.54. The van der Waals surface area contributed by atoms with Crippen molar-refractivity contribution in [2.45, 2.75) is 32.0 Å². The molecule has 0 radical (unpaired) electrons. The summed E-state index contributed by atoms with van der Waals surface area (Å²) in [6.07, 6.45) is -3.65. The van der Waals surface area contributed by atoms with Gasteiger partial charge in [-0.2, -0.15) is 8.78 Å². The average Bonchev–Trinajstić information content (AvgIpc) is 2.65. The van der Waals surface area contributed by atoms with Gasteiger partial charge in [-0.05, 0) is 35.3 Å². The number of ether oxygens (including phenoxy) is 1. The van der Waals surface area contributed by atoms with Gasteiger partial charge in [-0.15, -0.1) is 0 Å². The van der Waals surface area contributed by atoms with E-state index in [1.807, 2.05) is 6.92 Å². The highest BCUT2D eigenvalue weighted by atomic mass is 19.3. The van der Waals surface area contributed by atoms with Crippen molar-refractivity contribution in [3.63, 3.8) is 0 Å². The molecule has 2 aromatic rings. The second-order valence-electron chi connectivity index (χ2n) is 6.89. The largest absolute Gasteiger partial charge is 0.432 e. The summed E-state index contributed by atoms with van der Waals surface area (Å²) in [5.74, 6) is -10.7. The van der Waals surface area contributed by atoms with Crippen LogP contribution in [0.4, 0.5) is 30.7 Å². The maximum absolute atomic E-state index is 14.5. The van der Waals surface area contributed by atoms with E-state index in [-0.39, 0.29) is 17.7 Å². The molecule has 8 heteroatoms. The molecule has 0 amide bonds. The van der Waals surface area contributed by atoms with Crippen LogP contribution in [0.2, 0.25) is 0 Å². The van der Waals surface area contributed by atoms with Crippen LogP contribution >= 0.6 is 0 Å². The average molecular weight is 430 g/mol. The summed E-state index contributed by atoms with van der Waals surface area (Å²) in [4.78, 5) is 0. The third-order valence-electron chi connectivity index (χ3n) is 4.65. The second-order valence-corrected chi connectivity index (χ2v) is 6.89. The van der Waals surface area contributed by atoms with Crippen LogP contribution in [0, 0.1) is 23.4 Å². The normalized spacial score (nSPS) is 19.3. The van der Waals surface area contributed by atoms with Crippen LogP contribution in [0.25, 0.3) is 5.57 Å². The van der Waals surface area contributed by atoms with Crippen molar-refractivity contribution in [2.75, 3.05) is 0 Å². The lowest BCUT2D eigenvalue weighted by molar-refractivity contribution is -0.219. The lowest BCUT2D eigenvalue weighted by Crippen LogP contribution is -2.41. The molecule has 0 heterocycles. The van der Waals surface area contributed by atoms with Crippen molar-refractivity contribution in [3.8, 4) is 5.75 Å². The summed E-state index contributed by atoms with van der Waals surface area (Å²) in [6, 6.07) is 7.16. The molecule has 1 aliphatic rings. The first kappa shape index (κ1) is 21.9. The quantitative estimate of drug-likeness (QED) is 0.357. The molecule has 2 unspecified atom stereocenters. The zero-order valence-corrected chi connectivity index (χ0v) is 15.7. The van der Waals surface area contributed by atoms with Gasteiger partial charge in [-0.25, -0.2) is 22.0 Å². The van der Waals surface area contributed by atoms with Crippen LogP contribution in [0.3, 0.4) is 0 Å². The van der Waals surface area contributed by atoms with Crippen molar-refractivity contribution < 1.29 is 35.5 Å². The highest BCUT2D eigenvalue weighted by molar-refractivity contribution is 5.76. The third kappa shape index (κ3) is 4.52. The van der Waals surface area contributed by atoms with Gasteiger partial charge in [0.05, 0.1) is 0 Å².